The van der Waals surface area contributed by atoms with Gasteiger partial charge in [0.15, 0.2) is 0 Å². The molecule has 0 bridgehead atoms. The van der Waals surface area contributed by atoms with Crippen LogP contribution in [0.1, 0.15) is 11.1 Å². The summed E-state index contributed by atoms with van der Waals surface area (Å²) in [5.41, 5.74) is -1.23. The Labute approximate surface area is 171 Å². The van der Waals surface area contributed by atoms with Crippen LogP contribution >= 0.6 is 0 Å². The van der Waals surface area contributed by atoms with E-state index >= 15 is 0 Å². The molecule has 0 aliphatic rings. The van der Waals surface area contributed by atoms with Gasteiger partial charge in [0, 0.05) is 25.0 Å². The smallest absolute Gasteiger partial charge is 0.417 e. The summed E-state index contributed by atoms with van der Waals surface area (Å²) in [5.74, 6) is 0.609. The van der Waals surface area contributed by atoms with Crippen LogP contribution in [0.4, 0.5) is 13.2 Å². The van der Waals surface area contributed by atoms with Gasteiger partial charge in [-0.25, -0.2) is 13.1 Å². The predicted octanol–water partition coefficient (Wildman–Crippen LogP) is 3.09. The molecule has 0 spiro atoms. The number of rotatable bonds is 6. The molecule has 160 valence electrons. The highest BCUT2D eigenvalue weighted by Crippen LogP contribution is 2.34. The van der Waals surface area contributed by atoms with Crippen molar-refractivity contribution in [3.63, 3.8) is 0 Å². The van der Waals surface area contributed by atoms with Gasteiger partial charge >= 0.3 is 6.18 Å². The minimum absolute atomic E-state index is 0.0113. The molecular weight excluding hydrogens is 421 g/mol. The first kappa shape index (κ1) is 21.8. The molecule has 0 saturated heterocycles. The lowest BCUT2D eigenvalue weighted by Crippen LogP contribution is -2.26. The molecule has 0 unspecified atom stereocenters. The molecule has 6 nitrogen and oxygen atoms in total. The Hall–Kier alpha value is -2.85. The van der Waals surface area contributed by atoms with Crippen molar-refractivity contribution in [3.05, 3.63) is 70.0 Å². The van der Waals surface area contributed by atoms with E-state index in [1.165, 1.54) is 26.3 Å². The second-order valence-electron chi connectivity index (χ2n) is 6.59. The summed E-state index contributed by atoms with van der Waals surface area (Å²) in [6.07, 6.45) is -4.47. The summed E-state index contributed by atoms with van der Waals surface area (Å²) in [4.78, 5) is 11.5. The third-order valence-corrected chi connectivity index (χ3v) is 6.17. The highest BCUT2D eigenvalue weighted by atomic mass is 32.2. The van der Waals surface area contributed by atoms with Gasteiger partial charge in [-0.05, 0) is 36.2 Å². The van der Waals surface area contributed by atoms with Crippen LogP contribution in [0, 0.1) is 0 Å². The van der Waals surface area contributed by atoms with E-state index in [-0.39, 0.29) is 22.3 Å². The zero-order chi connectivity index (χ0) is 22.1. The van der Waals surface area contributed by atoms with E-state index in [0.29, 0.717) is 18.2 Å². The number of sulfonamides is 1. The molecule has 0 amide bonds. The number of halogens is 3. The maximum Gasteiger partial charge on any atom is 0.417 e. The van der Waals surface area contributed by atoms with Crippen LogP contribution < -0.4 is 15.0 Å². The van der Waals surface area contributed by atoms with Gasteiger partial charge in [-0.15, -0.1) is 0 Å². The molecule has 3 aromatic rings. The highest BCUT2D eigenvalue weighted by Gasteiger charge is 2.34. The van der Waals surface area contributed by atoms with E-state index in [4.69, 9.17) is 4.74 Å². The number of ether oxygens (including phenoxy) is 1. The third-order valence-electron chi connectivity index (χ3n) is 4.71. The van der Waals surface area contributed by atoms with E-state index in [2.05, 4.69) is 4.72 Å². The van der Waals surface area contributed by atoms with Crippen LogP contribution in [0.15, 0.2) is 58.2 Å². The first-order valence-corrected chi connectivity index (χ1v) is 10.4. The summed E-state index contributed by atoms with van der Waals surface area (Å²) in [6, 6.07) is 10.9. The largest absolute Gasteiger partial charge is 0.496 e. The second-order valence-corrected chi connectivity index (χ2v) is 8.36. The average Bonchev–Trinajstić information content (AvgIpc) is 2.69. The Morgan fingerprint density at radius 3 is 2.47 bits per heavy atom. The van der Waals surface area contributed by atoms with Gasteiger partial charge in [0.25, 0.3) is 5.56 Å². The van der Waals surface area contributed by atoms with Gasteiger partial charge < -0.3 is 9.30 Å². The molecule has 0 aliphatic heterocycles. The van der Waals surface area contributed by atoms with E-state index in [1.54, 1.807) is 24.3 Å². The predicted molar refractivity (Wildman–Crippen MR) is 106 cm³/mol. The number of hydrogen-bond acceptors (Lipinski definition) is 4. The third kappa shape index (κ3) is 4.34. The fraction of sp³-hybridized carbons (Fsp3) is 0.250. The Balaban J connectivity index is 1.93. The van der Waals surface area contributed by atoms with Gasteiger partial charge in [-0.1, -0.05) is 18.2 Å². The quantitative estimate of drug-likeness (QED) is 0.639. The SMILES string of the molecule is COc1ccccc1CCNS(=O)(=O)c1ccc2c(c1)c(C(F)(F)F)cc(=O)n2C. The summed E-state index contributed by atoms with van der Waals surface area (Å²) in [7, 11) is -1.24. The fourth-order valence-electron chi connectivity index (χ4n) is 3.15. The number of methoxy groups -OCH3 is 1. The van der Waals surface area contributed by atoms with Crippen molar-refractivity contribution in [2.24, 2.45) is 7.05 Å². The number of aryl methyl sites for hydroxylation is 1. The molecule has 3 rings (SSSR count). The van der Waals surface area contributed by atoms with Crippen molar-refractivity contribution in [1.82, 2.24) is 9.29 Å². The van der Waals surface area contributed by atoms with Crippen LogP contribution in [0.3, 0.4) is 0 Å². The monoisotopic (exact) mass is 440 g/mol. The van der Waals surface area contributed by atoms with Gasteiger partial charge in [-0.3, -0.25) is 4.79 Å². The molecule has 0 aliphatic carbocycles. The second kappa shape index (κ2) is 8.11. The molecule has 10 heteroatoms. The molecule has 30 heavy (non-hydrogen) atoms. The zero-order valence-corrected chi connectivity index (χ0v) is 17.0. The van der Waals surface area contributed by atoms with Crippen molar-refractivity contribution in [3.8, 4) is 5.75 Å². The number of alkyl halides is 3. The summed E-state index contributed by atoms with van der Waals surface area (Å²) >= 11 is 0. The van der Waals surface area contributed by atoms with Crippen LogP contribution in [-0.2, 0) is 29.7 Å². The lowest BCUT2D eigenvalue weighted by atomic mass is 10.1. The van der Waals surface area contributed by atoms with Crippen LogP contribution in [0.2, 0.25) is 0 Å². The number of pyridine rings is 1. The van der Waals surface area contributed by atoms with Crippen molar-refractivity contribution in [2.75, 3.05) is 13.7 Å². The van der Waals surface area contributed by atoms with E-state index in [1.807, 2.05) is 0 Å². The highest BCUT2D eigenvalue weighted by molar-refractivity contribution is 7.89. The average molecular weight is 440 g/mol. The van der Waals surface area contributed by atoms with Crippen molar-refractivity contribution < 1.29 is 26.3 Å². The van der Waals surface area contributed by atoms with E-state index in [9.17, 15) is 26.4 Å². The number of hydrogen-bond donors (Lipinski definition) is 1. The van der Waals surface area contributed by atoms with Gasteiger partial charge in [-0.2, -0.15) is 13.2 Å². The first-order chi connectivity index (χ1) is 14.0. The summed E-state index contributed by atoms with van der Waals surface area (Å²) in [5, 5.41) is -0.364. The van der Waals surface area contributed by atoms with Crippen molar-refractivity contribution >= 4 is 20.9 Å². The van der Waals surface area contributed by atoms with Crippen molar-refractivity contribution in [1.29, 1.82) is 0 Å². The van der Waals surface area contributed by atoms with Gasteiger partial charge in [0.2, 0.25) is 10.0 Å². The summed E-state index contributed by atoms with van der Waals surface area (Å²) in [6.45, 7) is 0.0279. The number of nitrogens with zero attached hydrogens (tertiary/aromatic N) is 1. The lowest BCUT2D eigenvalue weighted by molar-refractivity contribution is -0.136. The summed E-state index contributed by atoms with van der Waals surface area (Å²) < 4.78 is 74.1. The fourth-order valence-corrected chi connectivity index (χ4v) is 4.21. The van der Waals surface area contributed by atoms with Gasteiger partial charge in [0.05, 0.1) is 23.1 Å². The Morgan fingerprint density at radius 1 is 1.10 bits per heavy atom. The minimum atomic E-state index is -4.80. The molecule has 1 aromatic heterocycles. The van der Waals surface area contributed by atoms with Crippen LogP contribution in [0.5, 0.6) is 5.75 Å². The Morgan fingerprint density at radius 2 is 1.80 bits per heavy atom. The molecule has 2 aromatic carbocycles. The van der Waals surface area contributed by atoms with Crippen molar-refractivity contribution in [2.45, 2.75) is 17.5 Å². The topological polar surface area (TPSA) is 77.4 Å². The molecule has 0 radical (unpaired) electrons. The molecule has 1 heterocycles. The number of fused-ring (bicyclic) bond motifs is 1. The van der Waals surface area contributed by atoms with Crippen LogP contribution in [-0.4, -0.2) is 26.6 Å². The molecule has 0 fully saturated rings. The number of aromatic nitrogens is 1. The van der Waals surface area contributed by atoms with Crippen LogP contribution in [0.25, 0.3) is 10.9 Å². The van der Waals surface area contributed by atoms with E-state index in [0.717, 1.165) is 16.2 Å². The lowest BCUT2D eigenvalue weighted by Gasteiger charge is -2.14. The Bertz CT molecular complexity index is 1250. The van der Waals surface area contributed by atoms with Gasteiger partial charge in [0.1, 0.15) is 5.75 Å². The first-order valence-electron chi connectivity index (χ1n) is 8.87. The molecular formula is C20H19F3N2O4S. The minimum Gasteiger partial charge on any atom is -0.496 e. The number of nitrogens with one attached hydrogen (secondary N) is 1. The maximum absolute atomic E-state index is 13.4. The zero-order valence-electron chi connectivity index (χ0n) is 16.2. The standard InChI is InChI=1S/C20H19F3N2O4S/c1-25-17-8-7-14(11-15(17)16(12-19(25)26)20(21,22)23)30(27,28)24-10-9-13-5-3-4-6-18(13)29-2/h3-8,11-12,24H,9-10H2,1-2H3. The number of benzene rings is 2. The van der Waals surface area contributed by atoms with E-state index < -0.39 is 27.3 Å². The molecule has 0 atom stereocenters. The maximum atomic E-state index is 13.4. The normalized spacial score (nSPS) is 12.3. The number of para-hydroxylation sites is 1. The Kier molecular flexibility index (Phi) is 5.91. The molecule has 0 saturated carbocycles. The molecule has 1 N–H and O–H groups in total.